The van der Waals surface area contributed by atoms with E-state index in [4.69, 9.17) is 5.26 Å². The van der Waals surface area contributed by atoms with Gasteiger partial charge in [0.2, 0.25) is 10.0 Å². The maximum absolute atomic E-state index is 12.4. The fourth-order valence-corrected chi connectivity index (χ4v) is 3.34. The van der Waals surface area contributed by atoms with Crippen molar-refractivity contribution in [3.05, 3.63) is 53.6 Å². The number of allylic oxidation sites excluding steroid dienone is 1. The molecule has 0 atom stereocenters. The van der Waals surface area contributed by atoms with Crippen LogP contribution in [-0.2, 0) is 10.0 Å². The molecule has 1 saturated heterocycles. The van der Waals surface area contributed by atoms with Gasteiger partial charge in [0.15, 0.2) is 0 Å². The summed E-state index contributed by atoms with van der Waals surface area (Å²) in [5.41, 5.74) is 2.37. The molecule has 98 valence electrons. The molecule has 0 aromatic heterocycles. The molecule has 5 heteroatoms. The molecule has 0 bridgehead atoms. The first-order valence-electron chi connectivity index (χ1n) is 5.79. The van der Waals surface area contributed by atoms with E-state index in [1.54, 1.807) is 24.3 Å². The minimum absolute atomic E-state index is 0.211. The first kappa shape index (κ1) is 13.5. The predicted molar refractivity (Wildman–Crippen MR) is 72.8 cm³/mol. The minimum atomic E-state index is -3.52. The molecule has 0 N–H and O–H groups in total. The zero-order chi connectivity index (χ0) is 14.0. The Kier molecular flexibility index (Phi) is 3.56. The molecule has 0 amide bonds. The van der Waals surface area contributed by atoms with Crippen LogP contribution in [0, 0.1) is 18.3 Å². The Hall–Kier alpha value is -1.90. The highest BCUT2D eigenvalue weighted by Crippen LogP contribution is 2.26. The van der Waals surface area contributed by atoms with Crippen LogP contribution in [0.4, 0.5) is 0 Å². The third-order valence-electron chi connectivity index (χ3n) is 3.07. The van der Waals surface area contributed by atoms with Gasteiger partial charge in [-0.05, 0) is 30.2 Å². The molecule has 19 heavy (non-hydrogen) atoms. The van der Waals surface area contributed by atoms with Crippen LogP contribution in [0.1, 0.15) is 5.56 Å². The highest BCUT2D eigenvalue weighted by molar-refractivity contribution is 7.89. The largest absolute Gasteiger partial charge is 0.243 e. The molecule has 2 rings (SSSR count). The van der Waals surface area contributed by atoms with Crippen molar-refractivity contribution >= 4 is 10.0 Å². The predicted octanol–water partition coefficient (Wildman–Crippen LogP) is 2.01. The number of nitriles is 1. The molecular weight excluding hydrogens is 260 g/mol. The van der Waals surface area contributed by atoms with Crippen LogP contribution in [0.3, 0.4) is 0 Å². The molecule has 1 aliphatic heterocycles. The van der Waals surface area contributed by atoms with Crippen LogP contribution in [0.15, 0.2) is 53.0 Å². The minimum Gasteiger partial charge on any atom is -0.207 e. The van der Waals surface area contributed by atoms with Gasteiger partial charge >= 0.3 is 0 Å². The summed E-state index contributed by atoms with van der Waals surface area (Å²) < 4.78 is 26.2. The van der Waals surface area contributed by atoms with E-state index in [0.29, 0.717) is 11.1 Å². The smallest absolute Gasteiger partial charge is 0.207 e. The van der Waals surface area contributed by atoms with Crippen molar-refractivity contribution in [3.63, 3.8) is 0 Å². The van der Waals surface area contributed by atoms with Gasteiger partial charge in [0.05, 0.1) is 11.0 Å². The van der Waals surface area contributed by atoms with Crippen LogP contribution in [0.2, 0.25) is 0 Å². The van der Waals surface area contributed by atoms with E-state index < -0.39 is 10.0 Å². The molecule has 0 spiro atoms. The number of rotatable bonds is 2. The average molecular weight is 274 g/mol. The van der Waals surface area contributed by atoms with Gasteiger partial charge in [-0.1, -0.05) is 24.3 Å². The summed E-state index contributed by atoms with van der Waals surface area (Å²) in [7, 11) is -3.52. The van der Waals surface area contributed by atoms with Gasteiger partial charge in [-0.25, -0.2) is 8.42 Å². The Bertz CT molecular complexity index is 679. The second kappa shape index (κ2) is 5.00. The van der Waals surface area contributed by atoms with Gasteiger partial charge in [-0.2, -0.15) is 9.57 Å². The number of sulfonamides is 1. The third kappa shape index (κ3) is 2.60. The summed E-state index contributed by atoms with van der Waals surface area (Å²) >= 11 is 0. The Morgan fingerprint density at radius 3 is 2.53 bits per heavy atom. The van der Waals surface area contributed by atoms with E-state index in [1.807, 2.05) is 13.0 Å². The summed E-state index contributed by atoms with van der Waals surface area (Å²) in [5.74, 6) is 0. The molecule has 0 unspecified atom stereocenters. The second-order valence-electron chi connectivity index (χ2n) is 4.49. The molecule has 0 radical (unpaired) electrons. The highest BCUT2D eigenvalue weighted by Gasteiger charge is 2.31. The lowest BCUT2D eigenvalue weighted by molar-refractivity contribution is 0.489. The lowest BCUT2D eigenvalue weighted by Crippen LogP contribution is -2.28. The van der Waals surface area contributed by atoms with Gasteiger partial charge in [-0.3, -0.25) is 0 Å². The van der Waals surface area contributed by atoms with E-state index in [9.17, 15) is 8.42 Å². The van der Waals surface area contributed by atoms with Crippen LogP contribution < -0.4 is 0 Å². The monoisotopic (exact) mass is 274 g/mol. The SMILES string of the molecule is C=C1CN(S(=O)(=O)c2ccc(C)cc2)C/C1=C/C#N. The summed E-state index contributed by atoms with van der Waals surface area (Å²) in [6.07, 6.45) is 1.35. The summed E-state index contributed by atoms with van der Waals surface area (Å²) in [4.78, 5) is 0.268. The van der Waals surface area contributed by atoms with Gasteiger partial charge in [-0.15, -0.1) is 0 Å². The zero-order valence-electron chi connectivity index (χ0n) is 10.6. The van der Waals surface area contributed by atoms with Crippen molar-refractivity contribution in [1.82, 2.24) is 4.31 Å². The van der Waals surface area contributed by atoms with E-state index in [1.165, 1.54) is 10.4 Å². The molecule has 1 aliphatic rings. The number of hydrogen-bond acceptors (Lipinski definition) is 3. The van der Waals surface area contributed by atoms with Crippen LogP contribution in [-0.4, -0.2) is 25.8 Å². The van der Waals surface area contributed by atoms with Crippen molar-refractivity contribution in [2.45, 2.75) is 11.8 Å². The van der Waals surface area contributed by atoms with Gasteiger partial charge in [0.1, 0.15) is 0 Å². The number of hydrogen-bond donors (Lipinski definition) is 0. The summed E-state index contributed by atoms with van der Waals surface area (Å²) in [6, 6.07) is 8.64. The lowest BCUT2D eigenvalue weighted by Gasteiger charge is -2.15. The maximum Gasteiger partial charge on any atom is 0.243 e. The molecule has 1 aromatic rings. The third-order valence-corrected chi connectivity index (χ3v) is 4.87. The van der Waals surface area contributed by atoms with Gasteiger partial charge in [0, 0.05) is 19.2 Å². The Balaban J connectivity index is 2.33. The van der Waals surface area contributed by atoms with E-state index in [2.05, 4.69) is 6.58 Å². The van der Waals surface area contributed by atoms with Crippen LogP contribution in [0.5, 0.6) is 0 Å². The normalized spacial score (nSPS) is 18.7. The topological polar surface area (TPSA) is 61.2 Å². The standard InChI is InChI=1S/C14H14N2O2S/c1-11-3-5-14(6-4-11)19(17,18)16-9-12(2)13(10-16)7-8-15/h3-7H,2,9-10H2,1H3/b13-7-. The Morgan fingerprint density at radius 1 is 1.32 bits per heavy atom. The number of aryl methyl sites for hydroxylation is 1. The fourth-order valence-electron chi connectivity index (χ4n) is 1.93. The molecule has 0 aliphatic carbocycles. The first-order valence-corrected chi connectivity index (χ1v) is 7.23. The summed E-state index contributed by atoms with van der Waals surface area (Å²) in [5, 5.41) is 8.65. The maximum atomic E-state index is 12.4. The summed E-state index contributed by atoms with van der Waals surface area (Å²) in [6.45, 7) is 6.16. The van der Waals surface area contributed by atoms with Gasteiger partial charge < -0.3 is 0 Å². The second-order valence-corrected chi connectivity index (χ2v) is 6.43. The van der Waals surface area contributed by atoms with E-state index in [-0.39, 0.29) is 18.0 Å². The van der Waals surface area contributed by atoms with Crippen molar-refractivity contribution in [1.29, 1.82) is 5.26 Å². The van der Waals surface area contributed by atoms with Crippen LogP contribution >= 0.6 is 0 Å². The van der Waals surface area contributed by atoms with E-state index in [0.717, 1.165) is 5.56 Å². The zero-order valence-corrected chi connectivity index (χ0v) is 11.4. The van der Waals surface area contributed by atoms with Crippen LogP contribution in [0.25, 0.3) is 0 Å². The van der Waals surface area contributed by atoms with Crippen molar-refractivity contribution in [2.24, 2.45) is 0 Å². The first-order chi connectivity index (χ1) is 8.95. The highest BCUT2D eigenvalue weighted by atomic mass is 32.2. The number of nitrogens with zero attached hydrogens (tertiary/aromatic N) is 2. The molecule has 1 fully saturated rings. The van der Waals surface area contributed by atoms with Gasteiger partial charge in [0.25, 0.3) is 0 Å². The van der Waals surface area contributed by atoms with Crippen molar-refractivity contribution in [2.75, 3.05) is 13.1 Å². The molecule has 1 aromatic carbocycles. The molecule has 1 heterocycles. The molecule has 0 saturated carbocycles. The molecular formula is C14H14N2O2S. The lowest BCUT2D eigenvalue weighted by atomic mass is 10.1. The Morgan fingerprint density at radius 2 is 1.95 bits per heavy atom. The number of benzene rings is 1. The quantitative estimate of drug-likeness (QED) is 0.775. The van der Waals surface area contributed by atoms with Crippen molar-refractivity contribution in [3.8, 4) is 6.07 Å². The average Bonchev–Trinajstić information content (AvgIpc) is 2.73. The van der Waals surface area contributed by atoms with Crippen molar-refractivity contribution < 1.29 is 8.42 Å². The molecule has 4 nitrogen and oxygen atoms in total. The van der Waals surface area contributed by atoms with E-state index >= 15 is 0 Å². The Labute approximate surface area is 113 Å². The fraction of sp³-hybridized carbons (Fsp3) is 0.214.